The first kappa shape index (κ1) is 19.6. The minimum Gasteiger partial charge on any atom is -0.507 e. The highest BCUT2D eigenvalue weighted by atomic mass is 19.1. The number of benzene rings is 1. The summed E-state index contributed by atoms with van der Waals surface area (Å²) >= 11 is 0. The molecule has 6 rings (SSSR count). The van der Waals surface area contributed by atoms with Gasteiger partial charge in [-0.2, -0.15) is 0 Å². The molecule has 2 aliphatic heterocycles. The Bertz CT molecular complexity index is 1240. The number of nitrogens with zero attached hydrogens (tertiary/aromatic N) is 5. The average molecular weight is 436 g/mol. The number of hydrogen-bond acceptors (Lipinski definition) is 7. The van der Waals surface area contributed by atoms with Gasteiger partial charge in [-0.3, -0.25) is 4.79 Å². The smallest absolute Gasteiger partial charge is 0.261 e. The van der Waals surface area contributed by atoms with E-state index in [4.69, 9.17) is 0 Å². The van der Waals surface area contributed by atoms with E-state index >= 15 is 4.39 Å². The molecule has 8 nitrogen and oxygen atoms in total. The third kappa shape index (κ3) is 3.14. The van der Waals surface area contributed by atoms with Crippen molar-refractivity contribution in [2.45, 2.75) is 62.4 Å². The highest BCUT2D eigenvalue weighted by molar-refractivity contribution is 5.86. The molecule has 1 saturated carbocycles. The first-order valence-corrected chi connectivity index (χ1v) is 11.2. The van der Waals surface area contributed by atoms with Crippen LogP contribution in [0.4, 0.5) is 10.2 Å². The van der Waals surface area contributed by atoms with Gasteiger partial charge in [0, 0.05) is 30.7 Å². The number of phenols is 1. The fraction of sp³-hybridized carbons (Fsp3) is 0.478. The van der Waals surface area contributed by atoms with Crippen LogP contribution in [0.1, 0.15) is 32.1 Å². The van der Waals surface area contributed by atoms with Gasteiger partial charge < -0.3 is 19.9 Å². The van der Waals surface area contributed by atoms with E-state index in [1.807, 2.05) is 6.07 Å². The number of aromatic nitrogens is 4. The molecule has 4 heterocycles. The second-order valence-electron chi connectivity index (χ2n) is 9.26. The van der Waals surface area contributed by atoms with Crippen molar-refractivity contribution >= 4 is 16.7 Å². The van der Waals surface area contributed by atoms with Crippen molar-refractivity contribution in [1.29, 1.82) is 0 Å². The highest BCUT2D eigenvalue weighted by Gasteiger charge is 2.48. The van der Waals surface area contributed by atoms with Crippen molar-refractivity contribution in [1.82, 2.24) is 25.1 Å². The van der Waals surface area contributed by atoms with Gasteiger partial charge in [0.1, 0.15) is 11.9 Å². The Morgan fingerprint density at radius 3 is 2.78 bits per heavy atom. The van der Waals surface area contributed by atoms with Crippen LogP contribution < -0.4 is 15.8 Å². The molecule has 0 spiro atoms. The lowest BCUT2D eigenvalue weighted by atomic mass is 9.95. The van der Waals surface area contributed by atoms with Crippen molar-refractivity contribution < 1.29 is 9.50 Å². The lowest BCUT2D eigenvalue weighted by Gasteiger charge is -2.41. The molecule has 9 heteroatoms. The van der Waals surface area contributed by atoms with E-state index in [0.29, 0.717) is 40.1 Å². The number of rotatable bonds is 4. The van der Waals surface area contributed by atoms with E-state index in [9.17, 15) is 9.90 Å². The van der Waals surface area contributed by atoms with Crippen LogP contribution in [0.25, 0.3) is 22.2 Å². The molecular formula is C23H25FN6O2. The number of piperidine rings is 1. The number of alkyl halides is 1. The van der Waals surface area contributed by atoms with Crippen molar-refractivity contribution in [3.05, 3.63) is 40.9 Å². The number of halogens is 1. The molecule has 2 saturated heterocycles. The number of fused-ring (bicyclic) bond motifs is 3. The molecule has 2 bridgehead atoms. The van der Waals surface area contributed by atoms with E-state index in [1.54, 1.807) is 19.2 Å². The summed E-state index contributed by atoms with van der Waals surface area (Å²) in [7, 11) is 1.62. The fourth-order valence-electron chi connectivity index (χ4n) is 5.28. The Labute approximate surface area is 184 Å². The van der Waals surface area contributed by atoms with Crippen LogP contribution in [0.2, 0.25) is 0 Å². The monoisotopic (exact) mass is 436 g/mol. The minimum atomic E-state index is -0.922. The van der Waals surface area contributed by atoms with Gasteiger partial charge in [-0.15, -0.1) is 10.2 Å². The van der Waals surface area contributed by atoms with Crippen LogP contribution in [0.5, 0.6) is 5.75 Å². The highest BCUT2D eigenvalue weighted by Crippen LogP contribution is 2.40. The number of anilines is 1. The SMILES string of the molecule is Cn1cnc2cc(-c3ccc(N(C4CC4)C4C[C@H]5CC[C@H](N5)C4F)nn3)c(O)cc2c1=O. The Balaban J connectivity index is 1.34. The molecule has 1 aromatic carbocycles. The van der Waals surface area contributed by atoms with Crippen molar-refractivity contribution in [3.63, 3.8) is 0 Å². The van der Waals surface area contributed by atoms with Crippen LogP contribution in [-0.4, -0.2) is 55.2 Å². The summed E-state index contributed by atoms with van der Waals surface area (Å²) in [6, 6.07) is 7.16. The summed E-state index contributed by atoms with van der Waals surface area (Å²) in [5, 5.41) is 23.1. The lowest BCUT2D eigenvalue weighted by Crippen LogP contribution is -2.57. The lowest BCUT2D eigenvalue weighted by molar-refractivity contribution is 0.171. The standard InChI is InChI=1S/C23H25FN6O2/c1-29-11-25-18-9-14(20(31)10-15(18)23(29)32)16-6-7-21(28-27-16)30(13-3-4-13)19-8-12-2-5-17(26-12)22(19)24/h6-7,9-13,17,19,22,26,31H,2-5,8H2,1H3/t12-,17+,19?,22?/m1/s1. The second kappa shape index (κ2) is 7.23. The van der Waals surface area contributed by atoms with Gasteiger partial charge in [-0.1, -0.05) is 0 Å². The number of nitrogens with one attached hydrogen (secondary N) is 1. The van der Waals surface area contributed by atoms with E-state index in [0.717, 1.165) is 32.1 Å². The molecule has 32 heavy (non-hydrogen) atoms. The third-order valence-electron chi connectivity index (χ3n) is 7.08. The maximum atomic E-state index is 15.3. The summed E-state index contributed by atoms with van der Waals surface area (Å²) in [5.41, 5.74) is 1.19. The number of aromatic hydroxyl groups is 1. The van der Waals surface area contributed by atoms with Crippen LogP contribution in [-0.2, 0) is 7.05 Å². The maximum Gasteiger partial charge on any atom is 0.261 e. The number of phenolic OH excluding ortho intramolecular Hbond substituents is 1. The van der Waals surface area contributed by atoms with E-state index in [-0.39, 0.29) is 23.4 Å². The Kier molecular flexibility index (Phi) is 4.43. The predicted octanol–water partition coefficient (Wildman–Crippen LogP) is 2.30. The molecule has 0 amide bonds. The van der Waals surface area contributed by atoms with E-state index < -0.39 is 6.17 Å². The molecule has 2 N–H and O–H groups in total. The van der Waals surface area contributed by atoms with Gasteiger partial charge in [0.25, 0.3) is 5.56 Å². The summed E-state index contributed by atoms with van der Waals surface area (Å²) in [6.45, 7) is 0. The molecule has 0 radical (unpaired) electrons. The largest absolute Gasteiger partial charge is 0.507 e. The molecule has 3 fully saturated rings. The Hall–Kier alpha value is -3.07. The zero-order valence-corrected chi connectivity index (χ0v) is 17.8. The van der Waals surface area contributed by atoms with Gasteiger partial charge in [-0.25, -0.2) is 9.37 Å². The van der Waals surface area contributed by atoms with Crippen LogP contribution in [0, 0.1) is 0 Å². The molecule has 1 aliphatic carbocycles. The summed E-state index contributed by atoms with van der Waals surface area (Å²) in [5.74, 6) is 0.625. The summed E-state index contributed by atoms with van der Waals surface area (Å²) < 4.78 is 16.6. The van der Waals surface area contributed by atoms with Gasteiger partial charge in [0.15, 0.2) is 5.82 Å². The van der Waals surface area contributed by atoms with Crippen LogP contribution in [0.15, 0.2) is 35.4 Å². The average Bonchev–Trinajstić information content (AvgIpc) is 3.55. The molecular weight excluding hydrogens is 411 g/mol. The second-order valence-corrected chi connectivity index (χ2v) is 9.26. The predicted molar refractivity (Wildman–Crippen MR) is 118 cm³/mol. The molecule has 166 valence electrons. The first-order chi connectivity index (χ1) is 15.5. The number of aryl methyl sites for hydroxylation is 1. The molecule has 3 aromatic rings. The van der Waals surface area contributed by atoms with Crippen molar-refractivity contribution in [2.24, 2.45) is 7.05 Å². The Morgan fingerprint density at radius 2 is 2.03 bits per heavy atom. The third-order valence-corrected chi connectivity index (χ3v) is 7.08. The molecule has 2 unspecified atom stereocenters. The number of hydrogen-bond donors (Lipinski definition) is 2. The van der Waals surface area contributed by atoms with Crippen LogP contribution >= 0.6 is 0 Å². The Morgan fingerprint density at radius 1 is 1.19 bits per heavy atom. The van der Waals surface area contributed by atoms with E-state index in [1.165, 1.54) is 17.0 Å². The minimum absolute atomic E-state index is 0.0533. The molecule has 2 aromatic heterocycles. The maximum absolute atomic E-state index is 15.3. The van der Waals surface area contributed by atoms with Gasteiger partial charge in [0.05, 0.1) is 29.0 Å². The fourth-order valence-corrected chi connectivity index (χ4v) is 5.28. The van der Waals surface area contributed by atoms with Gasteiger partial charge in [-0.05, 0) is 56.4 Å². The molecule has 3 aliphatic rings. The van der Waals surface area contributed by atoms with Crippen molar-refractivity contribution in [3.8, 4) is 17.0 Å². The summed E-state index contributed by atoms with van der Waals surface area (Å²) in [4.78, 5) is 18.7. The first-order valence-electron chi connectivity index (χ1n) is 11.2. The normalized spacial score (nSPS) is 27.1. The van der Waals surface area contributed by atoms with E-state index in [2.05, 4.69) is 25.4 Å². The topological polar surface area (TPSA) is 96.2 Å². The van der Waals surface area contributed by atoms with Gasteiger partial charge >= 0.3 is 0 Å². The molecule has 4 atom stereocenters. The summed E-state index contributed by atoms with van der Waals surface area (Å²) in [6.07, 6.45) is 5.32. The van der Waals surface area contributed by atoms with Crippen LogP contribution in [0.3, 0.4) is 0 Å². The zero-order chi connectivity index (χ0) is 22.0. The van der Waals surface area contributed by atoms with Gasteiger partial charge in [0.2, 0.25) is 0 Å². The quantitative estimate of drug-likeness (QED) is 0.648. The van der Waals surface area contributed by atoms with Crippen molar-refractivity contribution in [2.75, 3.05) is 4.90 Å². The zero-order valence-electron chi connectivity index (χ0n) is 17.8.